The Kier molecular flexibility index (Phi) is 9.19. The third-order valence-corrected chi connectivity index (χ3v) is 8.03. The van der Waals surface area contributed by atoms with Gasteiger partial charge in [0.1, 0.15) is 5.69 Å². The van der Waals surface area contributed by atoms with E-state index in [0.29, 0.717) is 30.1 Å². The molecule has 4 unspecified atom stereocenters. The van der Waals surface area contributed by atoms with E-state index in [2.05, 4.69) is 16.4 Å². The molecule has 1 saturated carbocycles. The summed E-state index contributed by atoms with van der Waals surface area (Å²) in [5.74, 6) is 0.888. The van der Waals surface area contributed by atoms with Crippen molar-refractivity contribution in [2.24, 2.45) is 17.8 Å². The molecular formula is C27H41N3O4. The highest BCUT2D eigenvalue weighted by molar-refractivity contribution is 5.91. The average molecular weight is 472 g/mol. The van der Waals surface area contributed by atoms with E-state index in [-0.39, 0.29) is 18.4 Å². The van der Waals surface area contributed by atoms with Crippen LogP contribution in [0.4, 0.5) is 0 Å². The lowest BCUT2D eigenvalue weighted by Gasteiger charge is -2.27. The highest BCUT2D eigenvalue weighted by Gasteiger charge is 2.48. The third kappa shape index (κ3) is 6.94. The van der Waals surface area contributed by atoms with E-state index in [1.54, 1.807) is 6.33 Å². The number of hydrogen-bond donors (Lipinski definition) is 2. The van der Waals surface area contributed by atoms with E-state index in [9.17, 15) is 9.59 Å². The number of carbonyl (C=O) groups excluding carboxylic acids is 1. The van der Waals surface area contributed by atoms with Crippen LogP contribution in [-0.4, -0.2) is 45.3 Å². The summed E-state index contributed by atoms with van der Waals surface area (Å²) in [7, 11) is 0. The lowest BCUT2D eigenvalue weighted by atomic mass is 9.77. The largest absolute Gasteiger partial charge is 0.481 e. The zero-order valence-electron chi connectivity index (χ0n) is 20.4. The van der Waals surface area contributed by atoms with Gasteiger partial charge >= 0.3 is 5.97 Å². The molecule has 4 rings (SSSR count). The summed E-state index contributed by atoms with van der Waals surface area (Å²) in [6.07, 6.45) is 22.6. The van der Waals surface area contributed by atoms with E-state index in [1.165, 1.54) is 44.9 Å². The van der Waals surface area contributed by atoms with Crippen molar-refractivity contribution in [1.82, 2.24) is 14.9 Å². The number of carboxylic acid groups (broad SMARTS) is 1. The number of aliphatic carboxylic acids is 1. The SMILES string of the molecule is O=C(O)CC/C=C\CC1C2CCC(O2)C1Cn1cnc(C(=O)NCCCCC2CCCCC2)c1. The zero-order chi connectivity index (χ0) is 23.8. The van der Waals surface area contributed by atoms with Crippen LogP contribution in [-0.2, 0) is 16.1 Å². The summed E-state index contributed by atoms with van der Waals surface area (Å²) < 4.78 is 8.23. The highest BCUT2D eigenvalue weighted by Crippen LogP contribution is 2.45. The first-order valence-corrected chi connectivity index (χ1v) is 13.4. The van der Waals surface area contributed by atoms with Gasteiger partial charge in [-0.2, -0.15) is 0 Å². The van der Waals surface area contributed by atoms with Crippen molar-refractivity contribution < 1.29 is 19.4 Å². The second-order valence-electron chi connectivity index (χ2n) is 10.5. The van der Waals surface area contributed by atoms with Crippen LogP contribution in [0.2, 0.25) is 0 Å². The number of carboxylic acids is 1. The highest BCUT2D eigenvalue weighted by atomic mass is 16.5. The van der Waals surface area contributed by atoms with Crippen LogP contribution < -0.4 is 5.32 Å². The number of nitrogens with zero attached hydrogens (tertiary/aromatic N) is 2. The molecule has 7 nitrogen and oxygen atoms in total. The van der Waals surface area contributed by atoms with Gasteiger partial charge < -0.3 is 19.7 Å². The Labute approximate surface area is 203 Å². The summed E-state index contributed by atoms with van der Waals surface area (Å²) in [4.78, 5) is 27.6. The van der Waals surface area contributed by atoms with Gasteiger partial charge in [-0.3, -0.25) is 9.59 Å². The Morgan fingerprint density at radius 1 is 1.09 bits per heavy atom. The van der Waals surface area contributed by atoms with Crippen molar-refractivity contribution in [3.05, 3.63) is 30.4 Å². The van der Waals surface area contributed by atoms with Gasteiger partial charge in [0, 0.05) is 31.6 Å². The van der Waals surface area contributed by atoms with Crippen molar-refractivity contribution in [2.45, 2.75) is 102 Å². The monoisotopic (exact) mass is 471 g/mol. The maximum absolute atomic E-state index is 12.5. The smallest absolute Gasteiger partial charge is 0.303 e. The molecule has 2 bridgehead atoms. The van der Waals surface area contributed by atoms with Gasteiger partial charge in [0.15, 0.2) is 0 Å². The van der Waals surface area contributed by atoms with Crippen LogP contribution >= 0.6 is 0 Å². The molecule has 0 radical (unpaired) electrons. The number of hydrogen-bond acceptors (Lipinski definition) is 4. The second-order valence-corrected chi connectivity index (χ2v) is 10.5. The predicted octanol–water partition coefficient (Wildman–Crippen LogP) is 4.97. The maximum atomic E-state index is 12.5. The number of allylic oxidation sites excluding steroid dienone is 2. The molecule has 2 saturated heterocycles. The summed E-state index contributed by atoms with van der Waals surface area (Å²) in [5.41, 5.74) is 0.487. The topological polar surface area (TPSA) is 93.4 Å². The van der Waals surface area contributed by atoms with E-state index >= 15 is 0 Å². The van der Waals surface area contributed by atoms with Gasteiger partial charge in [-0.15, -0.1) is 0 Å². The van der Waals surface area contributed by atoms with Gasteiger partial charge in [0.05, 0.1) is 18.5 Å². The van der Waals surface area contributed by atoms with E-state index in [4.69, 9.17) is 9.84 Å². The first-order chi connectivity index (χ1) is 16.6. The molecule has 1 amide bonds. The average Bonchev–Trinajstić information content (AvgIpc) is 3.57. The number of imidazole rings is 1. The maximum Gasteiger partial charge on any atom is 0.303 e. The van der Waals surface area contributed by atoms with Crippen LogP contribution in [0.25, 0.3) is 0 Å². The number of carbonyl (C=O) groups is 2. The van der Waals surface area contributed by atoms with E-state index in [1.807, 2.05) is 16.8 Å². The normalized spacial score (nSPS) is 26.9. The summed E-state index contributed by atoms with van der Waals surface area (Å²) in [5, 5.41) is 11.8. The molecule has 2 aliphatic heterocycles. The zero-order valence-corrected chi connectivity index (χ0v) is 20.4. The Balaban J connectivity index is 1.19. The Bertz CT molecular complexity index is 830. The predicted molar refractivity (Wildman–Crippen MR) is 130 cm³/mol. The molecule has 0 aromatic carbocycles. The van der Waals surface area contributed by atoms with Gasteiger partial charge in [-0.05, 0) is 43.9 Å². The summed E-state index contributed by atoms with van der Waals surface area (Å²) in [6.45, 7) is 1.52. The van der Waals surface area contributed by atoms with Gasteiger partial charge in [-0.25, -0.2) is 4.98 Å². The number of aromatic nitrogens is 2. The Morgan fingerprint density at radius 2 is 1.88 bits per heavy atom. The molecule has 1 aliphatic carbocycles. The fourth-order valence-corrected chi connectivity index (χ4v) is 6.18. The first kappa shape index (κ1) is 25.0. The quantitative estimate of drug-likeness (QED) is 0.313. The molecule has 3 fully saturated rings. The molecule has 3 aliphatic rings. The lowest BCUT2D eigenvalue weighted by molar-refractivity contribution is -0.136. The number of nitrogens with one attached hydrogen (secondary N) is 1. The number of unbranched alkanes of at least 4 members (excludes halogenated alkanes) is 1. The fraction of sp³-hybridized carbons (Fsp3) is 0.741. The molecule has 1 aromatic heterocycles. The van der Waals surface area contributed by atoms with Crippen molar-refractivity contribution >= 4 is 11.9 Å². The van der Waals surface area contributed by atoms with Gasteiger partial charge in [0.2, 0.25) is 0 Å². The van der Waals surface area contributed by atoms with Crippen LogP contribution in [0.1, 0.15) is 94.0 Å². The molecule has 34 heavy (non-hydrogen) atoms. The molecule has 1 aromatic rings. The minimum Gasteiger partial charge on any atom is -0.481 e. The molecule has 3 heterocycles. The number of ether oxygens (including phenoxy) is 1. The molecule has 7 heteroatoms. The third-order valence-electron chi connectivity index (χ3n) is 8.03. The van der Waals surface area contributed by atoms with Crippen LogP contribution in [0.3, 0.4) is 0 Å². The van der Waals surface area contributed by atoms with Gasteiger partial charge in [0.25, 0.3) is 5.91 Å². The van der Waals surface area contributed by atoms with Crippen LogP contribution in [0, 0.1) is 17.8 Å². The summed E-state index contributed by atoms with van der Waals surface area (Å²) >= 11 is 0. The van der Waals surface area contributed by atoms with E-state index in [0.717, 1.165) is 44.7 Å². The minimum atomic E-state index is -0.759. The Hall–Kier alpha value is -2.15. The van der Waals surface area contributed by atoms with Gasteiger partial charge in [-0.1, -0.05) is 57.1 Å². The van der Waals surface area contributed by atoms with Crippen molar-refractivity contribution in [3.63, 3.8) is 0 Å². The first-order valence-electron chi connectivity index (χ1n) is 13.4. The fourth-order valence-electron chi connectivity index (χ4n) is 6.18. The summed E-state index contributed by atoms with van der Waals surface area (Å²) in [6, 6.07) is 0. The number of rotatable bonds is 13. The minimum absolute atomic E-state index is 0.0847. The number of fused-ring (bicyclic) bond motifs is 2. The molecule has 0 spiro atoms. The van der Waals surface area contributed by atoms with Crippen molar-refractivity contribution in [2.75, 3.05) is 6.54 Å². The van der Waals surface area contributed by atoms with E-state index < -0.39 is 5.97 Å². The van der Waals surface area contributed by atoms with Crippen molar-refractivity contribution in [3.8, 4) is 0 Å². The molecule has 188 valence electrons. The molecule has 4 atom stereocenters. The van der Waals surface area contributed by atoms with Crippen LogP contribution in [0.5, 0.6) is 0 Å². The molecular weight excluding hydrogens is 430 g/mol. The molecule has 2 N–H and O–H groups in total. The van der Waals surface area contributed by atoms with Crippen LogP contribution in [0.15, 0.2) is 24.7 Å². The Morgan fingerprint density at radius 3 is 2.68 bits per heavy atom. The van der Waals surface area contributed by atoms with Crippen molar-refractivity contribution in [1.29, 1.82) is 0 Å². The number of amides is 1. The lowest BCUT2D eigenvalue weighted by Crippen LogP contribution is -2.30. The standard InChI is InChI=1S/C27H41N3O4/c31-26(32)13-6-2-5-12-21-22(25-15-14-24(21)34-25)17-30-18-23(29-19-30)27(33)28-16-8-7-11-20-9-3-1-4-10-20/h2,5,18-22,24-25H,1,3-4,6-17H2,(H,28,33)(H,31,32)/b5-2-. The second kappa shape index (κ2) is 12.5.